The Labute approximate surface area is 160 Å². The van der Waals surface area contributed by atoms with Gasteiger partial charge in [0.15, 0.2) is 18.9 Å². The van der Waals surface area contributed by atoms with Crippen LogP contribution in [0.1, 0.15) is 18.1 Å². The molecule has 1 aromatic heterocycles. The van der Waals surface area contributed by atoms with E-state index >= 15 is 0 Å². The predicted octanol–water partition coefficient (Wildman–Crippen LogP) is 0.353. The van der Waals surface area contributed by atoms with Gasteiger partial charge in [-0.1, -0.05) is 42.1 Å². The highest BCUT2D eigenvalue weighted by Gasteiger charge is 2.56. The molecule has 0 spiro atoms. The third-order valence-corrected chi connectivity index (χ3v) is 6.26. The van der Waals surface area contributed by atoms with Crippen molar-refractivity contribution in [1.82, 2.24) is 4.90 Å². The van der Waals surface area contributed by atoms with E-state index < -0.39 is 18.0 Å². The number of amides is 1. The number of carbonyl (C=O) groups excluding carboxylic acids is 2. The fraction of sp³-hybridized carbons (Fsp3) is 0.250. The molecule has 1 saturated heterocycles. The van der Waals surface area contributed by atoms with Gasteiger partial charge in [-0.3, -0.25) is 9.69 Å². The Morgan fingerprint density at radius 1 is 1.26 bits per heavy atom. The highest BCUT2D eigenvalue weighted by atomic mass is 32.2. The maximum absolute atomic E-state index is 12.3. The van der Waals surface area contributed by atoms with Crippen LogP contribution in [0.5, 0.6) is 0 Å². The summed E-state index contributed by atoms with van der Waals surface area (Å²) in [6.45, 7) is 2.26. The number of carboxylic acid groups (broad SMARTS) is 1. The van der Waals surface area contributed by atoms with Gasteiger partial charge in [0.2, 0.25) is 5.91 Å². The Bertz CT molecular complexity index is 925. The molecule has 3 atom stereocenters. The smallest absolute Gasteiger partial charge is 0.236 e. The molecule has 6 nitrogen and oxygen atoms in total. The molecule has 0 saturated carbocycles. The minimum atomic E-state index is -1.37. The van der Waals surface area contributed by atoms with E-state index in [1.807, 2.05) is 59.4 Å². The number of rotatable bonds is 5. The lowest BCUT2D eigenvalue weighted by atomic mass is 9.92. The number of hydrogen-bond acceptors (Lipinski definition) is 5. The van der Waals surface area contributed by atoms with Crippen LogP contribution >= 0.6 is 11.8 Å². The molecule has 2 aliphatic heterocycles. The second-order valence-corrected chi connectivity index (χ2v) is 7.82. The molecule has 0 aliphatic carbocycles. The average Bonchev–Trinajstić information content (AvgIpc) is 2.98. The number of thioether (sulfide) groups is 1. The summed E-state index contributed by atoms with van der Waals surface area (Å²) in [5.41, 5.74) is 1.71. The molecule has 138 valence electrons. The first-order chi connectivity index (χ1) is 13.0. The Hall–Kier alpha value is -2.64. The molecule has 0 radical (unpaired) electrons. The van der Waals surface area contributed by atoms with Crippen LogP contribution in [0.25, 0.3) is 4.91 Å². The largest absolute Gasteiger partial charge is 0.543 e. The first-order valence-corrected chi connectivity index (χ1v) is 9.52. The van der Waals surface area contributed by atoms with Crippen LogP contribution in [0, 0.1) is 5.92 Å². The molecule has 1 amide bonds. The van der Waals surface area contributed by atoms with E-state index in [4.69, 9.17) is 0 Å². The topological polar surface area (TPSA) is 84.5 Å². The lowest BCUT2D eigenvalue weighted by Gasteiger charge is -2.44. The number of nitrogens with zero attached hydrogens (tertiary/aromatic N) is 2. The van der Waals surface area contributed by atoms with Gasteiger partial charge in [0.25, 0.3) is 0 Å². The van der Waals surface area contributed by atoms with Gasteiger partial charge in [0, 0.05) is 22.6 Å². The lowest BCUT2D eigenvalue weighted by Crippen LogP contribution is -2.61. The van der Waals surface area contributed by atoms with Crippen LogP contribution in [-0.2, 0) is 16.1 Å². The van der Waals surface area contributed by atoms with Crippen LogP contribution < -0.4 is 9.67 Å². The number of carboxylic acids is 1. The average molecular weight is 382 g/mol. The number of aliphatic carboxylic acids is 1. The van der Waals surface area contributed by atoms with Gasteiger partial charge in [-0.05, 0) is 12.5 Å². The number of fused-ring (bicyclic) bond motifs is 1. The van der Waals surface area contributed by atoms with Crippen molar-refractivity contribution in [1.29, 1.82) is 0 Å². The van der Waals surface area contributed by atoms with E-state index in [-0.39, 0.29) is 17.0 Å². The molecule has 2 aliphatic rings. The summed E-state index contributed by atoms with van der Waals surface area (Å²) >= 11 is 1.30. The van der Waals surface area contributed by atoms with Crippen LogP contribution in [-0.4, -0.2) is 33.4 Å². The first-order valence-electron chi connectivity index (χ1n) is 8.64. The molecule has 7 heteroatoms. The number of aliphatic hydroxyl groups excluding tert-OH is 1. The van der Waals surface area contributed by atoms with Gasteiger partial charge in [-0.25, -0.2) is 4.57 Å². The van der Waals surface area contributed by atoms with Crippen LogP contribution in [0.2, 0.25) is 0 Å². The van der Waals surface area contributed by atoms with Crippen molar-refractivity contribution in [2.24, 2.45) is 5.92 Å². The molecule has 0 bridgehead atoms. The second kappa shape index (κ2) is 6.83. The summed E-state index contributed by atoms with van der Waals surface area (Å²) in [5.74, 6) is -2.33. The first kappa shape index (κ1) is 17.8. The summed E-state index contributed by atoms with van der Waals surface area (Å²) < 4.78 is 2.04. The summed E-state index contributed by atoms with van der Waals surface area (Å²) in [4.78, 5) is 25.7. The zero-order chi connectivity index (χ0) is 19.1. The molecule has 1 aromatic carbocycles. The molecular formula is C20H18N2O4S. The fourth-order valence-corrected chi connectivity index (χ4v) is 5.10. The van der Waals surface area contributed by atoms with E-state index in [0.29, 0.717) is 11.4 Å². The molecule has 1 N–H and O–H groups in total. The monoisotopic (exact) mass is 382 g/mol. The van der Waals surface area contributed by atoms with E-state index in [9.17, 15) is 19.8 Å². The predicted molar refractivity (Wildman–Crippen MR) is 97.5 cm³/mol. The van der Waals surface area contributed by atoms with Crippen molar-refractivity contribution in [2.45, 2.75) is 24.9 Å². The van der Waals surface area contributed by atoms with E-state index in [2.05, 4.69) is 0 Å². The number of aliphatic hydroxyl groups is 1. The van der Waals surface area contributed by atoms with Crippen molar-refractivity contribution >= 4 is 28.5 Å². The summed E-state index contributed by atoms with van der Waals surface area (Å²) in [6.07, 6.45) is 3.13. The zero-order valence-electron chi connectivity index (χ0n) is 14.6. The van der Waals surface area contributed by atoms with E-state index in [1.165, 1.54) is 16.7 Å². The number of hydrogen-bond donors (Lipinski definition) is 1. The molecule has 27 heavy (non-hydrogen) atoms. The van der Waals surface area contributed by atoms with Gasteiger partial charge < -0.3 is 15.0 Å². The third-order valence-electron chi connectivity index (χ3n) is 4.85. The maximum atomic E-state index is 12.3. The van der Waals surface area contributed by atoms with Gasteiger partial charge in [-0.2, -0.15) is 0 Å². The van der Waals surface area contributed by atoms with Gasteiger partial charge in [-0.15, -0.1) is 0 Å². The second-order valence-electron chi connectivity index (χ2n) is 6.69. The van der Waals surface area contributed by atoms with Crippen molar-refractivity contribution in [3.8, 4) is 0 Å². The van der Waals surface area contributed by atoms with Crippen molar-refractivity contribution in [3.63, 3.8) is 0 Å². The quantitative estimate of drug-likeness (QED) is 0.596. The van der Waals surface area contributed by atoms with Crippen molar-refractivity contribution in [3.05, 3.63) is 71.7 Å². The number of pyridine rings is 1. The summed E-state index contributed by atoms with van der Waals surface area (Å²) in [5, 5.41) is 21.1. The summed E-state index contributed by atoms with van der Waals surface area (Å²) in [7, 11) is 0. The Kier molecular flexibility index (Phi) is 4.49. The van der Waals surface area contributed by atoms with Crippen LogP contribution in [0.15, 0.2) is 60.6 Å². The highest BCUT2D eigenvalue weighted by Crippen LogP contribution is 2.53. The SMILES string of the molecule is C[C@@H](O)[C@H]1C(=O)N2C(C(=O)[O-])=C(c3ccc(C[n+]4ccccc4)cc3)S[C@H]12. The Morgan fingerprint density at radius 2 is 1.93 bits per heavy atom. The Balaban J connectivity index is 1.61. The fourth-order valence-electron chi connectivity index (χ4n) is 3.49. The van der Waals surface area contributed by atoms with Gasteiger partial charge in [0.05, 0.1) is 23.7 Å². The number of benzene rings is 1. The standard InChI is InChI=1S/C20H18N2O4S/c1-12(23)15-18(24)22-16(20(25)26)17(27-19(15)22)14-7-5-13(6-8-14)11-21-9-3-2-4-10-21/h2-10,12,15,19,23H,11H2,1H3/t12-,15+,19-/m1/s1. The van der Waals surface area contributed by atoms with Crippen LogP contribution in [0.4, 0.5) is 0 Å². The molecule has 0 unspecified atom stereocenters. The maximum Gasteiger partial charge on any atom is 0.236 e. The highest BCUT2D eigenvalue weighted by molar-refractivity contribution is 8.09. The normalized spacial score (nSPS) is 22.4. The third kappa shape index (κ3) is 3.02. The van der Waals surface area contributed by atoms with Crippen molar-refractivity contribution < 1.29 is 24.4 Å². The lowest BCUT2D eigenvalue weighted by molar-refractivity contribution is -0.688. The Morgan fingerprint density at radius 3 is 2.52 bits per heavy atom. The van der Waals surface area contributed by atoms with Gasteiger partial charge in [0.1, 0.15) is 5.37 Å². The van der Waals surface area contributed by atoms with Crippen LogP contribution in [0.3, 0.4) is 0 Å². The number of β-lactam (4-membered cyclic amide) rings is 1. The van der Waals surface area contributed by atoms with E-state index in [1.54, 1.807) is 6.92 Å². The minimum absolute atomic E-state index is 0.0999. The molecule has 1 fully saturated rings. The van der Waals surface area contributed by atoms with Crippen molar-refractivity contribution in [2.75, 3.05) is 0 Å². The zero-order valence-corrected chi connectivity index (χ0v) is 15.4. The molecule has 3 heterocycles. The molecule has 4 rings (SSSR count). The summed E-state index contributed by atoms with van der Waals surface area (Å²) in [6, 6.07) is 13.5. The number of aromatic nitrogens is 1. The van der Waals surface area contributed by atoms with E-state index in [0.717, 1.165) is 11.1 Å². The van der Waals surface area contributed by atoms with Gasteiger partial charge >= 0.3 is 0 Å². The number of carbonyl (C=O) groups is 2. The molecule has 2 aromatic rings. The minimum Gasteiger partial charge on any atom is -0.543 e. The molecular weight excluding hydrogens is 364 g/mol.